The Morgan fingerprint density at radius 3 is 2.54 bits per heavy atom. The fourth-order valence-corrected chi connectivity index (χ4v) is 0.926. The van der Waals surface area contributed by atoms with Crippen LogP contribution in [-0.4, -0.2) is 6.61 Å². The minimum Gasteiger partial charge on any atom is -0.433 e. The number of nitrogens with two attached hydrogens (primary N) is 1. The van der Waals surface area contributed by atoms with Gasteiger partial charge in [0, 0.05) is 6.07 Å². The Labute approximate surface area is 77.0 Å². The summed E-state index contributed by atoms with van der Waals surface area (Å²) < 4.78 is 40.0. The van der Waals surface area contributed by atoms with Crippen LogP contribution in [-0.2, 0) is 0 Å². The molecule has 0 bridgehead atoms. The molecule has 0 aliphatic rings. The summed E-state index contributed by atoms with van der Waals surface area (Å²) in [6.07, 6.45) is 0. The Morgan fingerprint density at radius 1 is 1.38 bits per heavy atom. The first kappa shape index (κ1) is 9.98. The monoisotopic (exact) mass is 211 g/mol. The predicted octanol–water partition coefficient (Wildman–Crippen LogP) is 2.66. The third-order valence-electron chi connectivity index (χ3n) is 1.27. The van der Waals surface area contributed by atoms with Crippen molar-refractivity contribution >= 4 is 17.3 Å². The fourth-order valence-electron chi connectivity index (χ4n) is 0.731. The van der Waals surface area contributed by atoms with Crippen LogP contribution in [0.15, 0.2) is 12.1 Å². The van der Waals surface area contributed by atoms with Crippen LogP contribution in [0.5, 0.6) is 5.75 Å². The zero-order valence-electron chi connectivity index (χ0n) is 6.23. The average molecular weight is 212 g/mol. The van der Waals surface area contributed by atoms with E-state index in [-0.39, 0.29) is 16.5 Å². The summed E-state index contributed by atoms with van der Waals surface area (Å²) in [5.74, 6) is -1.11. The molecule has 0 heterocycles. The first-order valence-corrected chi connectivity index (χ1v) is 3.58. The van der Waals surface area contributed by atoms with Gasteiger partial charge in [0.15, 0.2) is 0 Å². The lowest BCUT2D eigenvalue weighted by Crippen LogP contribution is -2.03. The molecule has 2 N–H and O–H groups in total. The van der Waals surface area contributed by atoms with E-state index in [0.717, 1.165) is 12.1 Å². The maximum absolute atomic E-state index is 12.6. The summed E-state index contributed by atoms with van der Waals surface area (Å²) in [7, 11) is 0. The Bertz CT molecular complexity index is 319. The van der Waals surface area contributed by atoms with Crippen LogP contribution in [0.4, 0.5) is 18.9 Å². The van der Waals surface area contributed by atoms with Crippen molar-refractivity contribution in [2.45, 2.75) is 6.61 Å². The molecule has 0 saturated heterocycles. The van der Waals surface area contributed by atoms with E-state index in [9.17, 15) is 13.2 Å². The number of ether oxygens (including phenoxy) is 1. The molecule has 0 aliphatic carbocycles. The third kappa shape index (κ3) is 2.42. The minimum atomic E-state index is -3.01. The quantitative estimate of drug-likeness (QED) is 0.764. The van der Waals surface area contributed by atoms with Crippen molar-refractivity contribution in [2.75, 3.05) is 5.73 Å². The third-order valence-corrected chi connectivity index (χ3v) is 1.56. The molecule has 0 aliphatic heterocycles. The zero-order chi connectivity index (χ0) is 10.0. The van der Waals surface area contributed by atoms with Gasteiger partial charge in [-0.1, -0.05) is 11.6 Å². The average Bonchev–Trinajstić information content (AvgIpc) is 1.99. The van der Waals surface area contributed by atoms with Gasteiger partial charge in [-0.2, -0.15) is 8.78 Å². The van der Waals surface area contributed by atoms with Gasteiger partial charge in [0.05, 0.1) is 10.7 Å². The second-order valence-corrected chi connectivity index (χ2v) is 2.59. The molecular weight excluding hydrogens is 207 g/mol. The summed E-state index contributed by atoms with van der Waals surface area (Å²) in [5.41, 5.74) is 4.82. The molecule has 2 nitrogen and oxygen atoms in total. The molecular formula is C7H5ClF3NO. The molecule has 0 aromatic heterocycles. The van der Waals surface area contributed by atoms with E-state index < -0.39 is 12.4 Å². The van der Waals surface area contributed by atoms with Gasteiger partial charge in [-0.15, -0.1) is 0 Å². The Hall–Kier alpha value is -1.10. The lowest BCUT2D eigenvalue weighted by molar-refractivity contribution is -0.0497. The Kier molecular flexibility index (Phi) is 2.87. The summed E-state index contributed by atoms with van der Waals surface area (Å²) in [4.78, 5) is 0. The van der Waals surface area contributed by atoms with Gasteiger partial charge in [-0.25, -0.2) is 4.39 Å². The molecule has 1 aromatic carbocycles. The second kappa shape index (κ2) is 3.74. The molecule has 0 spiro atoms. The van der Waals surface area contributed by atoms with E-state index in [2.05, 4.69) is 4.74 Å². The van der Waals surface area contributed by atoms with Gasteiger partial charge in [-0.3, -0.25) is 0 Å². The zero-order valence-corrected chi connectivity index (χ0v) is 6.99. The van der Waals surface area contributed by atoms with E-state index in [0.29, 0.717) is 0 Å². The van der Waals surface area contributed by atoms with Crippen molar-refractivity contribution in [2.24, 2.45) is 0 Å². The topological polar surface area (TPSA) is 35.2 Å². The molecule has 6 heteroatoms. The minimum absolute atomic E-state index is 0.244. The van der Waals surface area contributed by atoms with Crippen molar-refractivity contribution in [1.29, 1.82) is 0 Å². The molecule has 0 fully saturated rings. The number of hydrogen-bond acceptors (Lipinski definition) is 2. The van der Waals surface area contributed by atoms with Crippen LogP contribution >= 0.6 is 11.6 Å². The largest absolute Gasteiger partial charge is 0.433 e. The fraction of sp³-hybridized carbons (Fsp3) is 0.143. The molecule has 0 amide bonds. The summed E-state index contributed by atoms with van der Waals surface area (Å²) in [5, 5.41) is -0.244. The molecule has 13 heavy (non-hydrogen) atoms. The first-order chi connectivity index (χ1) is 6.00. The van der Waals surface area contributed by atoms with Gasteiger partial charge >= 0.3 is 6.61 Å². The van der Waals surface area contributed by atoms with Crippen molar-refractivity contribution in [1.82, 2.24) is 0 Å². The number of rotatable bonds is 2. The highest BCUT2D eigenvalue weighted by molar-refractivity contribution is 6.32. The maximum Gasteiger partial charge on any atom is 0.387 e. The summed E-state index contributed by atoms with van der Waals surface area (Å²) >= 11 is 5.39. The van der Waals surface area contributed by atoms with Gasteiger partial charge in [0.1, 0.15) is 11.6 Å². The van der Waals surface area contributed by atoms with Crippen LogP contribution in [0.1, 0.15) is 0 Å². The normalized spacial score (nSPS) is 10.5. The maximum atomic E-state index is 12.6. The predicted molar refractivity (Wildman–Crippen MR) is 42.5 cm³/mol. The lowest BCUT2D eigenvalue weighted by atomic mass is 10.3. The summed E-state index contributed by atoms with van der Waals surface area (Å²) in [6.45, 7) is -3.01. The smallest absolute Gasteiger partial charge is 0.387 e. The Morgan fingerprint density at radius 2 is 2.00 bits per heavy atom. The number of alkyl halides is 2. The number of halogens is 4. The number of anilines is 1. The lowest BCUT2D eigenvalue weighted by Gasteiger charge is -2.07. The van der Waals surface area contributed by atoms with Gasteiger partial charge < -0.3 is 10.5 Å². The number of benzene rings is 1. The van der Waals surface area contributed by atoms with Crippen molar-refractivity contribution in [3.8, 4) is 5.75 Å². The van der Waals surface area contributed by atoms with Crippen LogP contribution in [0.25, 0.3) is 0 Å². The van der Waals surface area contributed by atoms with E-state index in [4.69, 9.17) is 17.3 Å². The molecule has 0 saturated carbocycles. The van der Waals surface area contributed by atoms with Crippen molar-refractivity contribution in [3.05, 3.63) is 23.0 Å². The highest BCUT2D eigenvalue weighted by Crippen LogP contribution is 2.29. The SMILES string of the molecule is Nc1cc(OC(F)F)c(Cl)cc1F. The standard InChI is InChI=1S/C7H5ClF3NO/c8-3-1-4(9)5(12)2-6(3)13-7(10)11/h1-2,7H,12H2. The second-order valence-electron chi connectivity index (χ2n) is 2.18. The van der Waals surface area contributed by atoms with Crippen molar-refractivity contribution in [3.63, 3.8) is 0 Å². The van der Waals surface area contributed by atoms with Crippen LogP contribution in [0, 0.1) is 5.82 Å². The molecule has 1 rings (SSSR count). The van der Waals surface area contributed by atoms with Crippen molar-refractivity contribution < 1.29 is 17.9 Å². The highest BCUT2D eigenvalue weighted by atomic mass is 35.5. The van der Waals surface area contributed by atoms with Crippen LogP contribution in [0.3, 0.4) is 0 Å². The molecule has 0 radical (unpaired) electrons. The molecule has 72 valence electrons. The number of nitrogen functional groups attached to an aromatic ring is 1. The van der Waals surface area contributed by atoms with Gasteiger partial charge in [0.25, 0.3) is 0 Å². The first-order valence-electron chi connectivity index (χ1n) is 3.20. The van der Waals surface area contributed by atoms with Gasteiger partial charge in [0.2, 0.25) is 0 Å². The molecule has 1 aromatic rings. The molecule has 0 unspecified atom stereocenters. The molecule has 0 atom stereocenters. The number of hydrogen-bond donors (Lipinski definition) is 1. The van der Waals surface area contributed by atoms with E-state index in [1.165, 1.54) is 0 Å². The van der Waals surface area contributed by atoms with Crippen LogP contribution < -0.4 is 10.5 Å². The Balaban J connectivity index is 3.01. The van der Waals surface area contributed by atoms with E-state index >= 15 is 0 Å². The van der Waals surface area contributed by atoms with E-state index in [1.807, 2.05) is 0 Å². The summed E-state index contributed by atoms with van der Waals surface area (Å²) in [6, 6.07) is 1.72. The highest BCUT2D eigenvalue weighted by Gasteiger charge is 2.11. The van der Waals surface area contributed by atoms with Gasteiger partial charge in [-0.05, 0) is 6.07 Å². The van der Waals surface area contributed by atoms with Crippen LogP contribution in [0.2, 0.25) is 5.02 Å². The van der Waals surface area contributed by atoms with E-state index in [1.54, 1.807) is 0 Å².